The molecule has 2 heterocycles. The smallest absolute Gasteiger partial charge is 0.255 e. The summed E-state index contributed by atoms with van der Waals surface area (Å²) in [5.41, 5.74) is 4.15. The maximum atomic E-state index is 12.9. The number of anilines is 1. The number of aryl methyl sites for hydroxylation is 1. The Morgan fingerprint density at radius 3 is 2.83 bits per heavy atom. The Kier molecular flexibility index (Phi) is 5.86. The lowest BCUT2D eigenvalue weighted by Gasteiger charge is -2.35. The molecule has 1 aliphatic rings. The lowest BCUT2D eigenvalue weighted by Crippen LogP contribution is -2.46. The summed E-state index contributed by atoms with van der Waals surface area (Å²) in [5, 5.41) is 6.61. The predicted molar refractivity (Wildman–Crippen MR) is 116 cm³/mol. The van der Waals surface area contributed by atoms with Crippen molar-refractivity contribution in [2.24, 2.45) is 0 Å². The van der Waals surface area contributed by atoms with E-state index in [0.717, 1.165) is 31.0 Å². The maximum absolute atomic E-state index is 12.9. The summed E-state index contributed by atoms with van der Waals surface area (Å²) in [7, 11) is 0. The fourth-order valence-corrected chi connectivity index (χ4v) is 3.78. The number of carbonyl (C=O) groups excluding carboxylic acids is 1. The number of rotatable bonds is 5. The van der Waals surface area contributed by atoms with Gasteiger partial charge < -0.3 is 15.5 Å². The van der Waals surface area contributed by atoms with Crippen LogP contribution in [0.5, 0.6) is 0 Å². The molecule has 1 amide bonds. The normalized spacial score (nSPS) is 16.4. The highest BCUT2D eigenvalue weighted by Gasteiger charge is 2.25. The molecule has 2 N–H and O–H groups in total. The van der Waals surface area contributed by atoms with E-state index in [-0.39, 0.29) is 11.9 Å². The number of amides is 1. The average molecular weight is 386 g/mol. The second kappa shape index (κ2) is 8.88. The van der Waals surface area contributed by atoms with Gasteiger partial charge in [-0.05, 0) is 30.2 Å². The number of aromatic nitrogens is 1. The number of hydrogen-bond donors (Lipinski definition) is 2. The number of nitrogens with one attached hydrogen (secondary N) is 2. The van der Waals surface area contributed by atoms with E-state index in [9.17, 15) is 4.79 Å². The average Bonchev–Trinajstić information content (AvgIpc) is 2.78. The molecule has 0 bridgehead atoms. The summed E-state index contributed by atoms with van der Waals surface area (Å²) < 4.78 is 0. The quantitative estimate of drug-likeness (QED) is 0.705. The molecular formula is C24H26N4O. The second-order valence-electron chi connectivity index (χ2n) is 7.41. The van der Waals surface area contributed by atoms with Gasteiger partial charge in [0, 0.05) is 38.4 Å². The summed E-state index contributed by atoms with van der Waals surface area (Å²) >= 11 is 0. The molecule has 5 nitrogen and oxygen atoms in total. The van der Waals surface area contributed by atoms with E-state index in [1.807, 2.05) is 30.3 Å². The molecule has 4 rings (SSSR count). The number of pyridine rings is 1. The third kappa shape index (κ3) is 4.63. The first-order valence-corrected chi connectivity index (χ1v) is 10.0. The van der Waals surface area contributed by atoms with Crippen molar-refractivity contribution in [3.05, 3.63) is 95.2 Å². The van der Waals surface area contributed by atoms with Gasteiger partial charge in [0.1, 0.15) is 5.82 Å². The van der Waals surface area contributed by atoms with E-state index < -0.39 is 0 Å². The molecule has 1 unspecified atom stereocenters. The highest BCUT2D eigenvalue weighted by atomic mass is 16.1. The monoisotopic (exact) mass is 386 g/mol. The lowest BCUT2D eigenvalue weighted by molar-refractivity contribution is 0.0951. The summed E-state index contributed by atoms with van der Waals surface area (Å²) in [5.74, 6) is 0.654. The zero-order valence-electron chi connectivity index (χ0n) is 16.6. The van der Waals surface area contributed by atoms with Crippen LogP contribution in [0.4, 0.5) is 5.82 Å². The van der Waals surface area contributed by atoms with E-state index in [2.05, 4.69) is 63.8 Å². The van der Waals surface area contributed by atoms with Gasteiger partial charge in [-0.15, -0.1) is 0 Å². The second-order valence-corrected chi connectivity index (χ2v) is 7.41. The summed E-state index contributed by atoms with van der Waals surface area (Å²) in [6.45, 7) is 5.00. The van der Waals surface area contributed by atoms with Crippen LogP contribution in [0.2, 0.25) is 0 Å². The van der Waals surface area contributed by atoms with Crippen LogP contribution in [0.1, 0.15) is 33.1 Å². The molecular weight excluding hydrogens is 360 g/mol. The van der Waals surface area contributed by atoms with Gasteiger partial charge in [0.2, 0.25) is 0 Å². The third-order valence-electron chi connectivity index (χ3n) is 5.24. The minimum absolute atomic E-state index is 0.0931. The van der Waals surface area contributed by atoms with Crippen molar-refractivity contribution in [1.29, 1.82) is 0 Å². The Morgan fingerprint density at radius 1 is 1.14 bits per heavy atom. The Hall–Kier alpha value is -3.18. The number of carbonyl (C=O) groups is 1. The Morgan fingerprint density at radius 2 is 2.00 bits per heavy atom. The molecule has 1 aliphatic heterocycles. The summed E-state index contributed by atoms with van der Waals surface area (Å²) in [6, 6.07) is 22.5. The largest absolute Gasteiger partial charge is 0.353 e. The minimum atomic E-state index is -0.0931. The Bertz CT molecular complexity index is 973. The standard InChI is InChI=1S/C24H26N4O/c1-18-7-5-8-19(15-18)16-27-24(29)21-11-6-12-26-23(21)28-14-13-25-22(17-28)20-9-3-2-4-10-20/h2-12,15,22,25H,13-14,16-17H2,1H3,(H,27,29). The Labute approximate surface area is 171 Å². The first kappa shape index (κ1) is 19.2. The topological polar surface area (TPSA) is 57.3 Å². The number of piperazine rings is 1. The van der Waals surface area contributed by atoms with Gasteiger partial charge in [0.05, 0.1) is 5.56 Å². The zero-order valence-corrected chi connectivity index (χ0v) is 16.6. The SMILES string of the molecule is Cc1cccc(CNC(=O)c2cccnc2N2CCNC(c3ccccc3)C2)c1. The van der Waals surface area contributed by atoms with Gasteiger partial charge >= 0.3 is 0 Å². The highest BCUT2D eigenvalue weighted by molar-refractivity contribution is 5.98. The fourth-order valence-electron chi connectivity index (χ4n) is 3.78. The number of benzene rings is 2. The molecule has 1 atom stereocenters. The van der Waals surface area contributed by atoms with Crippen LogP contribution in [0.25, 0.3) is 0 Å². The van der Waals surface area contributed by atoms with Gasteiger partial charge in [0.25, 0.3) is 5.91 Å². The summed E-state index contributed by atoms with van der Waals surface area (Å²) in [6.07, 6.45) is 1.76. The van der Waals surface area contributed by atoms with Crippen LogP contribution in [-0.2, 0) is 6.54 Å². The van der Waals surface area contributed by atoms with Crippen LogP contribution < -0.4 is 15.5 Å². The van der Waals surface area contributed by atoms with Crippen molar-refractivity contribution in [3.8, 4) is 0 Å². The van der Waals surface area contributed by atoms with Crippen molar-refractivity contribution in [1.82, 2.24) is 15.6 Å². The van der Waals surface area contributed by atoms with Gasteiger partial charge in [0.15, 0.2) is 0 Å². The molecule has 2 aromatic carbocycles. The van der Waals surface area contributed by atoms with Gasteiger partial charge in [-0.3, -0.25) is 4.79 Å². The molecule has 1 fully saturated rings. The van der Waals surface area contributed by atoms with Crippen LogP contribution in [0.15, 0.2) is 72.9 Å². The van der Waals surface area contributed by atoms with E-state index in [0.29, 0.717) is 12.1 Å². The van der Waals surface area contributed by atoms with Gasteiger partial charge in [-0.2, -0.15) is 0 Å². The van der Waals surface area contributed by atoms with Gasteiger partial charge in [-0.1, -0.05) is 60.2 Å². The molecule has 5 heteroatoms. The zero-order chi connectivity index (χ0) is 20.1. The molecule has 0 saturated carbocycles. The summed E-state index contributed by atoms with van der Waals surface area (Å²) in [4.78, 5) is 19.7. The predicted octanol–water partition coefficient (Wildman–Crippen LogP) is 3.47. The fraction of sp³-hybridized carbons (Fsp3) is 0.250. The molecule has 148 valence electrons. The molecule has 29 heavy (non-hydrogen) atoms. The molecule has 0 radical (unpaired) electrons. The van der Waals surface area contributed by atoms with Crippen molar-refractivity contribution in [2.45, 2.75) is 19.5 Å². The highest BCUT2D eigenvalue weighted by Crippen LogP contribution is 2.24. The van der Waals surface area contributed by atoms with Crippen LogP contribution >= 0.6 is 0 Å². The van der Waals surface area contributed by atoms with Crippen molar-refractivity contribution in [2.75, 3.05) is 24.5 Å². The number of hydrogen-bond acceptors (Lipinski definition) is 4. The first-order chi connectivity index (χ1) is 14.2. The van der Waals surface area contributed by atoms with E-state index >= 15 is 0 Å². The molecule has 0 spiro atoms. The minimum Gasteiger partial charge on any atom is -0.353 e. The van der Waals surface area contributed by atoms with Crippen molar-refractivity contribution in [3.63, 3.8) is 0 Å². The van der Waals surface area contributed by atoms with Gasteiger partial charge in [-0.25, -0.2) is 4.98 Å². The van der Waals surface area contributed by atoms with E-state index in [1.165, 1.54) is 11.1 Å². The third-order valence-corrected chi connectivity index (χ3v) is 5.24. The van der Waals surface area contributed by atoms with Crippen molar-refractivity contribution >= 4 is 11.7 Å². The maximum Gasteiger partial charge on any atom is 0.255 e. The number of nitrogens with zero attached hydrogens (tertiary/aromatic N) is 2. The Balaban J connectivity index is 1.49. The van der Waals surface area contributed by atoms with Crippen molar-refractivity contribution < 1.29 is 4.79 Å². The van der Waals surface area contributed by atoms with Crippen LogP contribution in [0, 0.1) is 6.92 Å². The van der Waals surface area contributed by atoms with Crippen LogP contribution in [-0.4, -0.2) is 30.5 Å². The molecule has 3 aromatic rings. The first-order valence-electron chi connectivity index (χ1n) is 10.0. The lowest BCUT2D eigenvalue weighted by atomic mass is 10.0. The molecule has 0 aliphatic carbocycles. The van der Waals surface area contributed by atoms with E-state index in [1.54, 1.807) is 6.20 Å². The molecule has 1 saturated heterocycles. The van der Waals surface area contributed by atoms with Crippen LogP contribution in [0.3, 0.4) is 0 Å². The van der Waals surface area contributed by atoms with E-state index in [4.69, 9.17) is 0 Å². The molecule has 1 aromatic heterocycles.